The Morgan fingerprint density at radius 3 is 2.72 bits per heavy atom. The summed E-state index contributed by atoms with van der Waals surface area (Å²) in [6, 6.07) is 0. The summed E-state index contributed by atoms with van der Waals surface area (Å²) in [5.41, 5.74) is 5.33. The maximum Gasteiger partial charge on any atom is 0.269 e. The van der Waals surface area contributed by atoms with Crippen LogP contribution in [0.25, 0.3) is 0 Å². The molecule has 0 aliphatic rings. The van der Waals surface area contributed by atoms with Gasteiger partial charge in [-0.2, -0.15) is 0 Å². The molecule has 1 rings (SSSR count). The predicted molar refractivity (Wildman–Crippen MR) is 69.8 cm³/mol. The summed E-state index contributed by atoms with van der Waals surface area (Å²) in [7, 11) is -3.58. The summed E-state index contributed by atoms with van der Waals surface area (Å²) in [4.78, 5) is 0. The molecule has 104 valence electrons. The third-order valence-corrected chi connectivity index (χ3v) is 4.44. The van der Waals surface area contributed by atoms with Gasteiger partial charge in [0.1, 0.15) is 0 Å². The summed E-state index contributed by atoms with van der Waals surface area (Å²) in [5.74, 6) is 0.478. The number of nitrogen functional groups attached to an aromatic ring is 1. The lowest BCUT2D eigenvalue weighted by atomic mass is 10.2. The van der Waals surface area contributed by atoms with Crippen LogP contribution in [0.2, 0.25) is 0 Å². The van der Waals surface area contributed by atoms with Crippen LogP contribution in [-0.4, -0.2) is 38.4 Å². The average Bonchev–Trinajstić information content (AvgIpc) is 2.70. The zero-order valence-electron chi connectivity index (χ0n) is 10.4. The normalized spacial score (nSPS) is 12.2. The fourth-order valence-corrected chi connectivity index (χ4v) is 2.99. The van der Waals surface area contributed by atoms with Gasteiger partial charge in [-0.3, -0.25) is 0 Å². The number of rotatable bonds is 8. The van der Waals surface area contributed by atoms with Crippen molar-refractivity contribution in [3.05, 3.63) is 0 Å². The van der Waals surface area contributed by atoms with Gasteiger partial charge in [-0.1, -0.05) is 25.2 Å². The van der Waals surface area contributed by atoms with E-state index in [2.05, 4.69) is 28.8 Å². The highest BCUT2D eigenvalue weighted by atomic mass is 32.2. The van der Waals surface area contributed by atoms with Gasteiger partial charge < -0.3 is 10.5 Å². The maximum atomic E-state index is 11.7. The van der Waals surface area contributed by atoms with Gasteiger partial charge in [-0.05, 0) is 12.3 Å². The highest BCUT2D eigenvalue weighted by molar-refractivity contribution is 7.91. The molecule has 0 fully saturated rings. The molecule has 0 aromatic carbocycles. The molecule has 9 heteroatoms. The fourth-order valence-electron chi connectivity index (χ4n) is 1.09. The second kappa shape index (κ2) is 6.98. The monoisotopic (exact) mass is 294 g/mol. The summed E-state index contributed by atoms with van der Waals surface area (Å²) in [5, 5.41) is 7.08. The van der Waals surface area contributed by atoms with Gasteiger partial charge >= 0.3 is 0 Å². The Balaban J connectivity index is 2.26. The molecule has 7 nitrogen and oxygen atoms in total. The molecule has 0 radical (unpaired) electrons. The number of nitrogens with two attached hydrogens (primary N) is 1. The number of nitrogens with one attached hydrogen (secondary N) is 1. The molecular weight excluding hydrogens is 276 g/mol. The molecule has 1 heterocycles. The van der Waals surface area contributed by atoms with Crippen LogP contribution in [0.3, 0.4) is 0 Å². The van der Waals surface area contributed by atoms with E-state index in [0.29, 0.717) is 32.1 Å². The highest BCUT2D eigenvalue weighted by Crippen LogP contribution is 2.16. The van der Waals surface area contributed by atoms with Gasteiger partial charge in [0, 0.05) is 19.8 Å². The van der Waals surface area contributed by atoms with Gasteiger partial charge in [0.25, 0.3) is 10.0 Å². The first-order chi connectivity index (χ1) is 8.42. The summed E-state index contributed by atoms with van der Waals surface area (Å²) < 4.78 is 31.0. The lowest BCUT2D eigenvalue weighted by molar-refractivity contribution is 0.108. The van der Waals surface area contributed by atoms with Crippen molar-refractivity contribution in [2.75, 3.05) is 25.5 Å². The molecule has 1 aromatic rings. The Morgan fingerprint density at radius 2 is 2.17 bits per heavy atom. The van der Waals surface area contributed by atoms with Crippen molar-refractivity contribution in [3.8, 4) is 0 Å². The molecule has 0 aliphatic carbocycles. The van der Waals surface area contributed by atoms with Crippen LogP contribution in [0.15, 0.2) is 4.34 Å². The number of hydrogen-bond donors (Lipinski definition) is 2. The maximum absolute atomic E-state index is 11.7. The van der Waals surface area contributed by atoms with Crippen molar-refractivity contribution in [2.45, 2.75) is 24.6 Å². The molecule has 0 spiro atoms. The van der Waals surface area contributed by atoms with Crippen LogP contribution in [0, 0.1) is 5.92 Å². The van der Waals surface area contributed by atoms with Gasteiger partial charge in [-0.25, -0.2) is 13.1 Å². The fraction of sp³-hybridized carbons (Fsp3) is 0.778. The quantitative estimate of drug-likeness (QED) is 0.675. The van der Waals surface area contributed by atoms with Crippen molar-refractivity contribution in [1.82, 2.24) is 14.9 Å². The first-order valence-electron chi connectivity index (χ1n) is 5.58. The Bertz CT molecular complexity index is 458. The summed E-state index contributed by atoms with van der Waals surface area (Å²) >= 11 is 0.841. The van der Waals surface area contributed by atoms with Crippen LogP contribution in [0.1, 0.15) is 20.3 Å². The third kappa shape index (κ3) is 5.25. The van der Waals surface area contributed by atoms with Crippen molar-refractivity contribution in [2.24, 2.45) is 5.92 Å². The van der Waals surface area contributed by atoms with Gasteiger partial charge in [0.15, 0.2) is 0 Å². The minimum Gasteiger partial charge on any atom is -0.381 e. The smallest absolute Gasteiger partial charge is 0.269 e. The topological polar surface area (TPSA) is 107 Å². The largest absolute Gasteiger partial charge is 0.381 e. The van der Waals surface area contributed by atoms with E-state index in [0.717, 1.165) is 11.3 Å². The highest BCUT2D eigenvalue weighted by Gasteiger charge is 2.18. The van der Waals surface area contributed by atoms with Crippen molar-refractivity contribution in [1.29, 1.82) is 0 Å². The molecule has 0 aliphatic heterocycles. The molecule has 1 aromatic heterocycles. The van der Waals surface area contributed by atoms with E-state index in [1.807, 2.05) is 0 Å². The Kier molecular flexibility index (Phi) is 5.93. The summed E-state index contributed by atoms with van der Waals surface area (Å²) in [6.07, 6.45) is 0.611. The first-order valence-corrected chi connectivity index (χ1v) is 7.88. The molecule has 0 amide bonds. The first kappa shape index (κ1) is 15.3. The van der Waals surface area contributed by atoms with E-state index in [-0.39, 0.29) is 9.47 Å². The molecule has 18 heavy (non-hydrogen) atoms. The van der Waals surface area contributed by atoms with E-state index < -0.39 is 10.0 Å². The molecule has 0 bridgehead atoms. The lowest BCUT2D eigenvalue weighted by Crippen LogP contribution is -2.25. The third-order valence-electron chi connectivity index (χ3n) is 1.86. The molecule has 0 atom stereocenters. The predicted octanol–water partition coefficient (Wildman–Crippen LogP) is 0.461. The van der Waals surface area contributed by atoms with Gasteiger partial charge in [0.05, 0.1) is 0 Å². The molecular formula is C9H18N4O3S2. The lowest BCUT2D eigenvalue weighted by Gasteiger charge is -2.07. The Labute approximate surface area is 111 Å². The standard InChI is InChI=1S/C9H18N4O3S2/c1-7(2)6-16-5-3-4-11-18(14,15)9-13-12-8(10)17-9/h7,11H,3-6H2,1-2H3,(H2,10,12). The SMILES string of the molecule is CC(C)COCCCNS(=O)(=O)c1nnc(N)s1. The number of sulfonamides is 1. The minimum absolute atomic E-state index is 0.108. The van der Waals surface area contributed by atoms with Crippen LogP contribution in [0.5, 0.6) is 0 Å². The Hall–Kier alpha value is -0.770. The van der Waals surface area contributed by atoms with E-state index in [1.165, 1.54) is 0 Å². The molecule has 0 saturated carbocycles. The Morgan fingerprint density at radius 1 is 1.44 bits per heavy atom. The van der Waals surface area contributed by atoms with E-state index in [1.54, 1.807) is 0 Å². The van der Waals surface area contributed by atoms with Gasteiger partial charge in [-0.15, -0.1) is 10.2 Å². The van der Waals surface area contributed by atoms with Crippen LogP contribution >= 0.6 is 11.3 Å². The molecule has 0 unspecified atom stereocenters. The zero-order chi connectivity index (χ0) is 13.6. The van der Waals surface area contributed by atoms with E-state index in [9.17, 15) is 8.42 Å². The van der Waals surface area contributed by atoms with E-state index in [4.69, 9.17) is 10.5 Å². The van der Waals surface area contributed by atoms with Crippen molar-refractivity contribution < 1.29 is 13.2 Å². The van der Waals surface area contributed by atoms with Crippen LogP contribution in [0.4, 0.5) is 5.13 Å². The van der Waals surface area contributed by atoms with E-state index >= 15 is 0 Å². The number of nitrogens with zero attached hydrogens (tertiary/aromatic N) is 2. The zero-order valence-corrected chi connectivity index (χ0v) is 12.1. The second-order valence-corrected chi connectivity index (χ2v) is 7.08. The summed E-state index contributed by atoms with van der Waals surface area (Å²) in [6.45, 7) is 5.63. The number of ether oxygens (including phenoxy) is 1. The number of aromatic nitrogens is 2. The van der Waals surface area contributed by atoms with Crippen molar-refractivity contribution in [3.63, 3.8) is 0 Å². The minimum atomic E-state index is -3.58. The van der Waals surface area contributed by atoms with Crippen LogP contribution in [-0.2, 0) is 14.8 Å². The number of anilines is 1. The molecule has 3 N–H and O–H groups in total. The van der Waals surface area contributed by atoms with Gasteiger partial charge in [0.2, 0.25) is 9.47 Å². The second-order valence-electron chi connectivity index (χ2n) is 4.13. The average molecular weight is 294 g/mol. The van der Waals surface area contributed by atoms with Crippen LogP contribution < -0.4 is 10.5 Å². The number of hydrogen-bond acceptors (Lipinski definition) is 7. The van der Waals surface area contributed by atoms with Crippen molar-refractivity contribution >= 4 is 26.5 Å². The molecule has 0 saturated heterocycles.